The number of alkyl halides is 3. The van der Waals surface area contributed by atoms with Crippen LogP contribution in [0.2, 0.25) is 5.02 Å². The van der Waals surface area contributed by atoms with Crippen LogP contribution in [0.3, 0.4) is 0 Å². The number of aryl methyl sites for hydroxylation is 1. The molecule has 0 radical (unpaired) electrons. The van der Waals surface area contributed by atoms with Crippen LogP contribution in [0.1, 0.15) is 81.7 Å². The van der Waals surface area contributed by atoms with Crippen molar-refractivity contribution in [1.29, 1.82) is 0 Å². The second kappa shape index (κ2) is 11.0. The Morgan fingerprint density at radius 3 is 2.63 bits per heavy atom. The highest BCUT2D eigenvalue weighted by atomic mass is 35.5. The van der Waals surface area contributed by atoms with Crippen molar-refractivity contribution in [2.24, 2.45) is 11.3 Å². The molecule has 0 bridgehead atoms. The molecule has 0 aliphatic heterocycles. The normalized spacial score (nSPS) is 24.1. The van der Waals surface area contributed by atoms with E-state index in [1.54, 1.807) is 18.2 Å². The molecule has 5 nitrogen and oxygen atoms in total. The lowest BCUT2D eigenvalue weighted by molar-refractivity contribution is -0.141. The number of nitrogens with zero attached hydrogens (tertiary/aromatic N) is 2. The van der Waals surface area contributed by atoms with Gasteiger partial charge in [0.1, 0.15) is 0 Å². The third-order valence-electron chi connectivity index (χ3n) is 9.26. The monoisotopic (exact) mass is 587 g/mol. The summed E-state index contributed by atoms with van der Waals surface area (Å²) in [5, 5.41) is 6.89. The average molecular weight is 588 g/mol. The van der Waals surface area contributed by atoms with Gasteiger partial charge in [-0.15, -0.1) is 0 Å². The molecular weight excluding hydrogens is 551 g/mol. The van der Waals surface area contributed by atoms with Gasteiger partial charge in [0.2, 0.25) is 5.88 Å². The standard InChI is InChI=1S/C32H37ClF3N3O2/c1-20(2)21-10-12-23-22(16-21)11-13-26-30(3,14-7-15-31(23,26)4)19-37-28(40)18-41-29-17-27(32(34,35)36)38-39(29)25-9-6-5-8-24(25)33/h5-6,8-10,12,16-17,20,26H,7,11,13-15,18-19H2,1-4H3,(H,37,40)/t26?,30-,31+/m0/s1. The molecule has 2 aliphatic rings. The van der Waals surface area contributed by atoms with Crippen molar-refractivity contribution in [1.82, 2.24) is 15.1 Å². The molecule has 1 amide bonds. The number of rotatable bonds is 7. The summed E-state index contributed by atoms with van der Waals surface area (Å²) in [6.07, 6.45) is 0.595. The van der Waals surface area contributed by atoms with Gasteiger partial charge >= 0.3 is 6.18 Å². The summed E-state index contributed by atoms with van der Waals surface area (Å²) in [5.74, 6) is 0.292. The number of carbonyl (C=O) groups excluding carboxylic acids is 1. The number of ether oxygens (including phenoxy) is 1. The van der Waals surface area contributed by atoms with Crippen molar-refractivity contribution in [3.63, 3.8) is 0 Å². The molecule has 1 unspecified atom stereocenters. The number of benzene rings is 2. The van der Waals surface area contributed by atoms with Gasteiger partial charge in [-0.25, -0.2) is 0 Å². The Hall–Kier alpha value is -3.00. The number of nitrogens with one attached hydrogen (secondary N) is 1. The quantitative estimate of drug-likeness (QED) is 0.306. The molecule has 9 heteroatoms. The van der Waals surface area contributed by atoms with E-state index in [0.717, 1.165) is 42.9 Å². The predicted molar refractivity (Wildman–Crippen MR) is 154 cm³/mol. The van der Waals surface area contributed by atoms with Gasteiger partial charge in [0, 0.05) is 12.6 Å². The fourth-order valence-electron chi connectivity index (χ4n) is 7.11. The molecule has 1 heterocycles. The third-order valence-corrected chi connectivity index (χ3v) is 9.58. The number of aromatic nitrogens is 2. The van der Waals surface area contributed by atoms with Gasteiger partial charge in [-0.3, -0.25) is 4.79 Å². The fraction of sp³-hybridized carbons (Fsp3) is 0.500. The Kier molecular flexibility index (Phi) is 7.92. The smallest absolute Gasteiger partial charge is 0.435 e. The van der Waals surface area contributed by atoms with Gasteiger partial charge in [0.15, 0.2) is 12.3 Å². The summed E-state index contributed by atoms with van der Waals surface area (Å²) in [5.41, 5.74) is 3.28. The molecule has 2 aromatic carbocycles. The average Bonchev–Trinajstić information content (AvgIpc) is 3.35. The van der Waals surface area contributed by atoms with Crippen molar-refractivity contribution in [3.05, 3.63) is 75.9 Å². The predicted octanol–water partition coefficient (Wildman–Crippen LogP) is 7.87. The second-order valence-electron chi connectivity index (χ2n) is 12.4. The van der Waals surface area contributed by atoms with Gasteiger partial charge in [0.25, 0.3) is 5.91 Å². The number of para-hydroxylation sites is 1. The summed E-state index contributed by atoms with van der Waals surface area (Å²) in [6.45, 7) is 9.11. The molecule has 2 aliphatic carbocycles. The van der Waals surface area contributed by atoms with E-state index in [1.165, 1.54) is 22.8 Å². The molecule has 1 fully saturated rings. The van der Waals surface area contributed by atoms with Crippen LogP contribution < -0.4 is 10.1 Å². The number of fused-ring (bicyclic) bond motifs is 3. The molecule has 3 atom stereocenters. The Morgan fingerprint density at radius 1 is 1.17 bits per heavy atom. The highest BCUT2D eigenvalue weighted by molar-refractivity contribution is 6.32. The van der Waals surface area contributed by atoms with E-state index in [1.807, 2.05) is 0 Å². The number of carbonyl (C=O) groups is 1. The van der Waals surface area contributed by atoms with Crippen LogP contribution in [-0.2, 0) is 22.8 Å². The number of hydrogen-bond acceptors (Lipinski definition) is 3. The molecule has 1 N–H and O–H groups in total. The van der Waals surface area contributed by atoms with Gasteiger partial charge in [-0.2, -0.15) is 23.0 Å². The first kappa shape index (κ1) is 29.5. The zero-order chi connectivity index (χ0) is 29.6. The van der Waals surface area contributed by atoms with Crippen molar-refractivity contribution in [2.75, 3.05) is 13.2 Å². The Morgan fingerprint density at radius 2 is 1.93 bits per heavy atom. The molecule has 0 spiro atoms. The maximum Gasteiger partial charge on any atom is 0.435 e. The topological polar surface area (TPSA) is 56.1 Å². The van der Waals surface area contributed by atoms with E-state index >= 15 is 0 Å². The van der Waals surface area contributed by atoms with Gasteiger partial charge < -0.3 is 10.1 Å². The van der Waals surface area contributed by atoms with E-state index in [-0.39, 0.29) is 27.4 Å². The Bertz CT molecular complexity index is 1440. The molecule has 0 saturated heterocycles. The number of amides is 1. The fourth-order valence-corrected chi connectivity index (χ4v) is 7.32. The highest BCUT2D eigenvalue weighted by Crippen LogP contribution is 2.57. The molecular formula is C32H37ClF3N3O2. The summed E-state index contributed by atoms with van der Waals surface area (Å²) in [4.78, 5) is 12.9. The minimum absolute atomic E-state index is 0.0345. The van der Waals surface area contributed by atoms with Gasteiger partial charge in [0.05, 0.1) is 10.7 Å². The number of halogens is 4. The first-order chi connectivity index (χ1) is 19.3. The maximum atomic E-state index is 13.4. The lowest BCUT2D eigenvalue weighted by atomic mass is 9.49. The van der Waals surface area contributed by atoms with Crippen molar-refractivity contribution in [2.45, 2.75) is 77.3 Å². The molecule has 1 saturated carbocycles. The molecule has 220 valence electrons. The van der Waals surface area contributed by atoms with Gasteiger partial charge in [-0.05, 0) is 77.2 Å². The third kappa shape index (κ3) is 5.72. The Labute approximate surface area is 244 Å². The number of hydrogen-bond donors (Lipinski definition) is 1. The minimum Gasteiger partial charge on any atom is -0.467 e. The molecule has 5 rings (SSSR count). The highest BCUT2D eigenvalue weighted by Gasteiger charge is 2.51. The minimum atomic E-state index is -4.68. The molecule has 1 aromatic heterocycles. The van der Waals surface area contributed by atoms with Crippen LogP contribution in [0, 0.1) is 11.3 Å². The van der Waals surface area contributed by atoms with Gasteiger partial charge in [-0.1, -0.05) is 76.0 Å². The Balaban J connectivity index is 1.29. The van der Waals surface area contributed by atoms with Crippen molar-refractivity contribution >= 4 is 17.5 Å². The van der Waals surface area contributed by atoms with Crippen molar-refractivity contribution < 1.29 is 22.7 Å². The zero-order valence-electron chi connectivity index (χ0n) is 23.9. The lowest BCUT2D eigenvalue weighted by Gasteiger charge is -2.55. The zero-order valence-corrected chi connectivity index (χ0v) is 24.7. The first-order valence-electron chi connectivity index (χ1n) is 14.3. The summed E-state index contributed by atoms with van der Waals surface area (Å²) in [7, 11) is 0. The van der Waals surface area contributed by atoms with E-state index < -0.39 is 24.4 Å². The summed E-state index contributed by atoms with van der Waals surface area (Å²) in [6, 6.07) is 14.1. The first-order valence-corrected chi connectivity index (χ1v) is 14.6. The van der Waals surface area contributed by atoms with Crippen molar-refractivity contribution in [3.8, 4) is 11.6 Å². The summed E-state index contributed by atoms with van der Waals surface area (Å²) < 4.78 is 46.9. The van der Waals surface area contributed by atoms with Crippen LogP contribution in [0.15, 0.2) is 48.5 Å². The largest absolute Gasteiger partial charge is 0.467 e. The van der Waals surface area contributed by atoms with E-state index in [2.05, 4.69) is 56.3 Å². The van der Waals surface area contributed by atoms with Crippen LogP contribution in [0.5, 0.6) is 5.88 Å². The van der Waals surface area contributed by atoms with Crippen LogP contribution >= 0.6 is 11.6 Å². The van der Waals surface area contributed by atoms with Crippen LogP contribution in [0.4, 0.5) is 13.2 Å². The summed E-state index contributed by atoms with van der Waals surface area (Å²) >= 11 is 6.21. The van der Waals surface area contributed by atoms with E-state index in [9.17, 15) is 18.0 Å². The molecule has 41 heavy (non-hydrogen) atoms. The van der Waals surface area contributed by atoms with E-state index in [0.29, 0.717) is 18.4 Å². The maximum absolute atomic E-state index is 13.4. The lowest BCUT2D eigenvalue weighted by Crippen LogP contribution is -2.53. The SMILES string of the molecule is CC(C)c1ccc2c(c1)CCC1[C@](C)(CNC(=O)COc3cc(C(F)(F)F)nn3-c3ccccc3Cl)CCC[C@]21C. The van der Waals surface area contributed by atoms with Crippen LogP contribution in [-0.4, -0.2) is 28.8 Å². The second-order valence-corrected chi connectivity index (χ2v) is 12.8. The van der Waals surface area contributed by atoms with E-state index in [4.69, 9.17) is 16.3 Å². The molecule has 3 aromatic rings. The van der Waals surface area contributed by atoms with Crippen LogP contribution in [0.25, 0.3) is 5.69 Å².